The minimum atomic E-state index is -0.416. The first-order valence-electron chi connectivity index (χ1n) is 6.67. The topological polar surface area (TPSA) is 44.5 Å². The summed E-state index contributed by atoms with van der Waals surface area (Å²) in [6.07, 6.45) is 0. The molecule has 0 saturated carbocycles. The van der Waals surface area contributed by atoms with E-state index < -0.39 is 6.04 Å². The molecule has 0 amide bonds. The first-order chi connectivity index (χ1) is 10.1. The van der Waals surface area contributed by atoms with E-state index in [9.17, 15) is 0 Å². The third-order valence-electron chi connectivity index (χ3n) is 3.55. The molecular weight excluding hydrogens is 309 g/mol. The molecule has 1 unspecified atom stereocenters. The molecule has 0 fully saturated rings. The number of aryl methyl sites for hydroxylation is 1. The minimum absolute atomic E-state index is 0.416. The van der Waals surface area contributed by atoms with E-state index in [0.717, 1.165) is 16.7 Å². The van der Waals surface area contributed by atoms with Crippen molar-refractivity contribution >= 4 is 23.2 Å². The first-order valence-corrected chi connectivity index (χ1v) is 7.43. The summed E-state index contributed by atoms with van der Waals surface area (Å²) in [4.78, 5) is 0. The lowest BCUT2D eigenvalue weighted by atomic mass is 9.97. The fraction of sp³-hybridized carbons (Fsp3) is 0.250. The Balaban J connectivity index is 2.05. The molecule has 1 aliphatic rings. The van der Waals surface area contributed by atoms with Gasteiger partial charge < -0.3 is 15.2 Å². The summed E-state index contributed by atoms with van der Waals surface area (Å²) in [7, 11) is 0. The lowest BCUT2D eigenvalue weighted by Crippen LogP contribution is -2.18. The lowest BCUT2D eigenvalue weighted by molar-refractivity contribution is 0.171. The van der Waals surface area contributed by atoms with Gasteiger partial charge in [0.1, 0.15) is 13.2 Å². The second kappa shape index (κ2) is 5.76. The van der Waals surface area contributed by atoms with Gasteiger partial charge in [-0.2, -0.15) is 0 Å². The average molecular weight is 324 g/mol. The van der Waals surface area contributed by atoms with Gasteiger partial charge in [-0.15, -0.1) is 0 Å². The fourth-order valence-electron chi connectivity index (χ4n) is 2.40. The van der Waals surface area contributed by atoms with Crippen molar-refractivity contribution in [2.45, 2.75) is 13.0 Å². The third-order valence-corrected chi connectivity index (χ3v) is 4.40. The molecular formula is C16H15Cl2NO2. The zero-order valence-corrected chi connectivity index (χ0v) is 13.0. The van der Waals surface area contributed by atoms with Gasteiger partial charge in [0.15, 0.2) is 11.5 Å². The number of hydrogen-bond acceptors (Lipinski definition) is 3. The molecule has 2 aromatic carbocycles. The summed E-state index contributed by atoms with van der Waals surface area (Å²) in [5.74, 6) is 1.32. The van der Waals surface area contributed by atoms with E-state index in [1.54, 1.807) is 6.07 Å². The van der Waals surface area contributed by atoms with E-state index in [2.05, 4.69) is 0 Å². The summed E-state index contributed by atoms with van der Waals surface area (Å²) in [5, 5.41) is 1.21. The molecule has 1 heterocycles. The Bertz CT molecular complexity index is 688. The minimum Gasteiger partial charge on any atom is -0.486 e. The average Bonchev–Trinajstić information content (AvgIpc) is 2.48. The monoisotopic (exact) mass is 323 g/mol. The maximum absolute atomic E-state index is 6.35. The molecule has 0 radical (unpaired) electrons. The maximum atomic E-state index is 6.35. The van der Waals surface area contributed by atoms with Gasteiger partial charge >= 0.3 is 0 Å². The zero-order chi connectivity index (χ0) is 15.0. The fourth-order valence-corrected chi connectivity index (χ4v) is 2.91. The van der Waals surface area contributed by atoms with Gasteiger partial charge in [0.2, 0.25) is 0 Å². The molecule has 3 rings (SSSR count). The number of halogens is 2. The Hall–Kier alpha value is -1.42. The van der Waals surface area contributed by atoms with Crippen molar-refractivity contribution in [3.05, 3.63) is 57.1 Å². The highest BCUT2D eigenvalue weighted by atomic mass is 35.5. The second-order valence-corrected chi connectivity index (χ2v) is 5.76. The molecule has 5 heteroatoms. The molecule has 1 atom stereocenters. The smallest absolute Gasteiger partial charge is 0.162 e. The van der Waals surface area contributed by atoms with Crippen molar-refractivity contribution in [2.75, 3.05) is 13.2 Å². The van der Waals surface area contributed by atoms with Crippen LogP contribution in [0, 0.1) is 6.92 Å². The van der Waals surface area contributed by atoms with Gasteiger partial charge in [-0.05, 0) is 29.7 Å². The highest BCUT2D eigenvalue weighted by Gasteiger charge is 2.21. The van der Waals surface area contributed by atoms with Crippen LogP contribution in [0.5, 0.6) is 11.5 Å². The summed E-state index contributed by atoms with van der Waals surface area (Å²) in [6, 6.07) is 8.95. The number of hydrogen-bond donors (Lipinski definition) is 1. The Morgan fingerprint density at radius 1 is 1.05 bits per heavy atom. The highest BCUT2D eigenvalue weighted by Crippen LogP contribution is 2.40. The van der Waals surface area contributed by atoms with Gasteiger partial charge in [-0.1, -0.05) is 41.4 Å². The molecule has 1 aliphatic heterocycles. The number of benzene rings is 2. The van der Waals surface area contributed by atoms with Gasteiger partial charge in [-0.3, -0.25) is 0 Å². The lowest BCUT2D eigenvalue weighted by Gasteiger charge is -2.22. The van der Waals surface area contributed by atoms with E-state index in [1.807, 2.05) is 31.2 Å². The van der Waals surface area contributed by atoms with Crippen LogP contribution in [0.15, 0.2) is 30.3 Å². The number of nitrogens with two attached hydrogens (primary N) is 1. The third kappa shape index (κ3) is 2.69. The van der Waals surface area contributed by atoms with Crippen molar-refractivity contribution in [3.63, 3.8) is 0 Å². The molecule has 0 aromatic heterocycles. The van der Waals surface area contributed by atoms with E-state index in [-0.39, 0.29) is 0 Å². The summed E-state index contributed by atoms with van der Waals surface area (Å²) >= 11 is 12.7. The Labute approximate surface area is 133 Å². The van der Waals surface area contributed by atoms with Crippen molar-refractivity contribution in [1.29, 1.82) is 0 Å². The predicted molar refractivity (Wildman–Crippen MR) is 84.7 cm³/mol. The van der Waals surface area contributed by atoms with E-state index in [1.165, 1.54) is 0 Å². The molecule has 0 bridgehead atoms. The molecule has 2 aromatic rings. The van der Waals surface area contributed by atoms with E-state index >= 15 is 0 Å². The van der Waals surface area contributed by atoms with Crippen LogP contribution in [0.1, 0.15) is 22.7 Å². The van der Waals surface area contributed by atoms with Crippen molar-refractivity contribution in [3.8, 4) is 11.5 Å². The van der Waals surface area contributed by atoms with Gasteiger partial charge in [-0.25, -0.2) is 0 Å². The molecule has 21 heavy (non-hydrogen) atoms. The number of rotatable bonds is 2. The van der Waals surface area contributed by atoms with Gasteiger partial charge in [0, 0.05) is 16.1 Å². The highest BCUT2D eigenvalue weighted by molar-refractivity contribution is 6.33. The normalized spacial score (nSPS) is 14.9. The quantitative estimate of drug-likeness (QED) is 0.904. The first kappa shape index (κ1) is 14.5. The molecule has 0 saturated heterocycles. The summed E-state index contributed by atoms with van der Waals surface area (Å²) in [6.45, 7) is 3.00. The molecule has 0 spiro atoms. The largest absolute Gasteiger partial charge is 0.486 e. The second-order valence-electron chi connectivity index (χ2n) is 4.97. The van der Waals surface area contributed by atoms with Crippen LogP contribution < -0.4 is 15.2 Å². The Morgan fingerprint density at radius 3 is 2.43 bits per heavy atom. The van der Waals surface area contributed by atoms with Crippen molar-refractivity contribution in [2.24, 2.45) is 5.73 Å². The standard InChI is InChI=1S/C16H15Cl2NO2/c1-9-3-2-4-10(15(9)18)16(19)11-7-13-14(8-12(11)17)21-6-5-20-13/h2-4,7-8,16H,5-6,19H2,1H3. The van der Waals surface area contributed by atoms with Crippen LogP contribution in [0.2, 0.25) is 10.0 Å². The van der Waals surface area contributed by atoms with Crippen LogP contribution in [0.3, 0.4) is 0 Å². The maximum Gasteiger partial charge on any atom is 0.162 e. The zero-order valence-electron chi connectivity index (χ0n) is 11.5. The summed E-state index contributed by atoms with van der Waals surface area (Å²) in [5.41, 5.74) is 8.95. The number of ether oxygens (including phenoxy) is 2. The SMILES string of the molecule is Cc1cccc(C(N)c2cc3c(cc2Cl)OCCO3)c1Cl. The molecule has 0 aliphatic carbocycles. The van der Waals surface area contributed by atoms with Crippen LogP contribution in [-0.4, -0.2) is 13.2 Å². The van der Waals surface area contributed by atoms with Gasteiger partial charge in [0.05, 0.1) is 6.04 Å². The summed E-state index contributed by atoms with van der Waals surface area (Å²) < 4.78 is 11.1. The molecule has 2 N–H and O–H groups in total. The van der Waals surface area contributed by atoms with Crippen LogP contribution in [0.4, 0.5) is 0 Å². The Kier molecular flexibility index (Phi) is 3.98. The number of fused-ring (bicyclic) bond motifs is 1. The molecule has 110 valence electrons. The van der Waals surface area contributed by atoms with Crippen LogP contribution in [0.25, 0.3) is 0 Å². The van der Waals surface area contributed by atoms with Crippen molar-refractivity contribution < 1.29 is 9.47 Å². The predicted octanol–water partition coefficient (Wildman–Crippen LogP) is 4.12. The van der Waals surface area contributed by atoms with E-state index in [4.69, 9.17) is 38.4 Å². The Morgan fingerprint density at radius 2 is 1.71 bits per heavy atom. The van der Waals surface area contributed by atoms with Crippen molar-refractivity contribution in [1.82, 2.24) is 0 Å². The van der Waals surface area contributed by atoms with Crippen LogP contribution >= 0.6 is 23.2 Å². The van der Waals surface area contributed by atoms with Gasteiger partial charge in [0.25, 0.3) is 0 Å². The van der Waals surface area contributed by atoms with E-state index in [0.29, 0.717) is 34.8 Å². The molecule has 3 nitrogen and oxygen atoms in total. The van der Waals surface area contributed by atoms with Crippen LogP contribution in [-0.2, 0) is 0 Å².